The molecule has 0 spiro atoms. The van der Waals surface area contributed by atoms with E-state index in [1.807, 2.05) is 6.07 Å². The summed E-state index contributed by atoms with van der Waals surface area (Å²) in [5.41, 5.74) is 1.90. The van der Waals surface area contributed by atoms with Crippen LogP contribution in [-0.2, 0) is 11.8 Å². The van der Waals surface area contributed by atoms with Crippen molar-refractivity contribution in [1.29, 1.82) is 5.26 Å². The predicted octanol–water partition coefficient (Wildman–Crippen LogP) is 0.820. The minimum Gasteiger partial charge on any atom is -0.323 e. The van der Waals surface area contributed by atoms with Crippen molar-refractivity contribution < 1.29 is 4.79 Å². The van der Waals surface area contributed by atoms with E-state index in [2.05, 4.69) is 15.5 Å². The van der Waals surface area contributed by atoms with Gasteiger partial charge in [-0.15, -0.1) is 0 Å². The Balaban J connectivity index is 2.37. The first-order valence-corrected chi connectivity index (χ1v) is 4.67. The van der Waals surface area contributed by atoms with Crippen LogP contribution in [0.5, 0.6) is 0 Å². The largest absolute Gasteiger partial charge is 0.323 e. The van der Waals surface area contributed by atoms with Gasteiger partial charge in [0.05, 0.1) is 11.8 Å². The van der Waals surface area contributed by atoms with Crippen LogP contribution in [0.25, 0.3) is 11.0 Å². The topological polar surface area (TPSA) is 83.6 Å². The molecule has 2 rings (SSSR count). The lowest BCUT2D eigenvalue weighted by Crippen LogP contribution is -2.10. The van der Waals surface area contributed by atoms with Crippen molar-refractivity contribution in [2.45, 2.75) is 6.42 Å². The van der Waals surface area contributed by atoms with Crippen molar-refractivity contribution in [1.82, 2.24) is 15.0 Å². The van der Waals surface area contributed by atoms with E-state index < -0.39 is 0 Å². The first-order valence-electron chi connectivity index (χ1n) is 4.67. The van der Waals surface area contributed by atoms with Crippen molar-refractivity contribution in [2.24, 2.45) is 7.05 Å². The maximum Gasteiger partial charge on any atom is 0.238 e. The fourth-order valence-corrected chi connectivity index (χ4v) is 1.41. The van der Waals surface area contributed by atoms with E-state index >= 15 is 0 Å². The fourth-order valence-electron chi connectivity index (χ4n) is 1.41. The average molecular weight is 215 g/mol. The summed E-state index contributed by atoms with van der Waals surface area (Å²) in [6, 6.07) is 7.10. The summed E-state index contributed by atoms with van der Waals surface area (Å²) in [7, 11) is 1.71. The van der Waals surface area contributed by atoms with Crippen LogP contribution < -0.4 is 5.32 Å². The number of carbonyl (C=O) groups is 1. The van der Waals surface area contributed by atoms with Crippen LogP contribution in [-0.4, -0.2) is 20.9 Å². The van der Waals surface area contributed by atoms with Gasteiger partial charge in [-0.2, -0.15) is 20.3 Å². The number of hydrogen-bond acceptors (Lipinski definition) is 4. The number of benzene rings is 1. The van der Waals surface area contributed by atoms with Gasteiger partial charge >= 0.3 is 0 Å². The molecule has 0 saturated carbocycles. The number of hydrogen-bond donors (Lipinski definition) is 1. The molecule has 16 heavy (non-hydrogen) atoms. The molecule has 1 aromatic carbocycles. The molecular formula is C10H9N5O. The molecule has 0 bridgehead atoms. The van der Waals surface area contributed by atoms with Crippen molar-refractivity contribution in [2.75, 3.05) is 5.32 Å². The minimum atomic E-state index is -0.347. The molecule has 0 radical (unpaired) electrons. The molecule has 6 nitrogen and oxygen atoms in total. The number of nitriles is 1. The van der Waals surface area contributed by atoms with E-state index in [0.717, 1.165) is 0 Å². The van der Waals surface area contributed by atoms with Gasteiger partial charge in [0, 0.05) is 7.05 Å². The highest BCUT2D eigenvalue weighted by atomic mass is 16.1. The molecule has 2 aromatic rings. The van der Waals surface area contributed by atoms with Gasteiger partial charge in [-0.1, -0.05) is 6.07 Å². The zero-order valence-corrected chi connectivity index (χ0v) is 8.64. The van der Waals surface area contributed by atoms with Crippen molar-refractivity contribution in [3.05, 3.63) is 18.2 Å². The zero-order chi connectivity index (χ0) is 11.5. The lowest BCUT2D eigenvalue weighted by molar-refractivity contribution is -0.115. The molecule has 0 aliphatic heterocycles. The Morgan fingerprint density at radius 3 is 3.12 bits per heavy atom. The van der Waals surface area contributed by atoms with Crippen LogP contribution in [0.2, 0.25) is 0 Å². The standard InChI is InChI=1S/C10H9N5O/c1-15-13-8-4-2-3-7(10(8)14-15)12-9(16)5-6-11/h2-4H,5H2,1H3,(H,12,16). The second kappa shape index (κ2) is 3.98. The number of rotatable bonds is 2. The molecule has 1 amide bonds. The fraction of sp³-hybridized carbons (Fsp3) is 0.200. The molecule has 1 aromatic heterocycles. The summed E-state index contributed by atoms with van der Waals surface area (Å²) in [5.74, 6) is -0.347. The second-order valence-corrected chi connectivity index (χ2v) is 3.25. The van der Waals surface area contributed by atoms with E-state index in [4.69, 9.17) is 5.26 Å². The van der Waals surface area contributed by atoms with Crippen molar-refractivity contribution in [3.8, 4) is 6.07 Å². The molecule has 1 heterocycles. The first-order chi connectivity index (χ1) is 7.70. The Kier molecular flexibility index (Phi) is 2.52. The van der Waals surface area contributed by atoms with Gasteiger partial charge in [0.2, 0.25) is 5.91 Å². The second-order valence-electron chi connectivity index (χ2n) is 3.25. The molecular weight excluding hydrogens is 206 g/mol. The summed E-state index contributed by atoms with van der Waals surface area (Å²) in [6.07, 6.45) is -0.170. The summed E-state index contributed by atoms with van der Waals surface area (Å²) in [6.45, 7) is 0. The third-order valence-electron chi connectivity index (χ3n) is 2.03. The quantitative estimate of drug-likeness (QED) is 0.803. The van der Waals surface area contributed by atoms with Gasteiger partial charge in [-0.3, -0.25) is 4.79 Å². The number of nitrogens with zero attached hydrogens (tertiary/aromatic N) is 4. The van der Waals surface area contributed by atoms with Crippen molar-refractivity contribution >= 4 is 22.6 Å². The number of anilines is 1. The normalized spacial score (nSPS) is 10.0. The number of aromatic nitrogens is 3. The molecule has 0 fully saturated rings. The third kappa shape index (κ3) is 1.83. The van der Waals surface area contributed by atoms with E-state index in [1.165, 1.54) is 4.80 Å². The summed E-state index contributed by atoms with van der Waals surface area (Å²) in [4.78, 5) is 12.7. The summed E-state index contributed by atoms with van der Waals surface area (Å²) in [5, 5.41) is 19.3. The molecule has 0 atom stereocenters. The Morgan fingerprint density at radius 2 is 2.38 bits per heavy atom. The molecule has 0 unspecified atom stereocenters. The Morgan fingerprint density at radius 1 is 1.56 bits per heavy atom. The molecule has 6 heteroatoms. The Labute approximate surface area is 91.5 Å². The van der Waals surface area contributed by atoms with Crippen molar-refractivity contribution in [3.63, 3.8) is 0 Å². The highest BCUT2D eigenvalue weighted by molar-refractivity contribution is 5.99. The average Bonchev–Trinajstić information content (AvgIpc) is 2.60. The van der Waals surface area contributed by atoms with Crippen LogP contribution in [0.15, 0.2) is 18.2 Å². The maximum absolute atomic E-state index is 11.3. The SMILES string of the molecule is Cn1nc2cccc(NC(=O)CC#N)c2n1. The monoisotopic (exact) mass is 215 g/mol. The lowest BCUT2D eigenvalue weighted by atomic mass is 10.2. The number of fused-ring (bicyclic) bond motifs is 1. The summed E-state index contributed by atoms with van der Waals surface area (Å²) < 4.78 is 0. The number of carbonyl (C=O) groups excluding carboxylic acids is 1. The maximum atomic E-state index is 11.3. The summed E-state index contributed by atoms with van der Waals surface area (Å²) >= 11 is 0. The van der Waals surface area contributed by atoms with Crippen LogP contribution in [0.3, 0.4) is 0 Å². The molecule has 80 valence electrons. The number of amides is 1. The highest BCUT2D eigenvalue weighted by Crippen LogP contribution is 2.19. The van der Waals surface area contributed by atoms with E-state index in [9.17, 15) is 4.79 Å². The minimum absolute atomic E-state index is 0.170. The number of nitrogens with one attached hydrogen (secondary N) is 1. The van der Waals surface area contributed by atoms with E-state index in [1.54, 1.807) is 25.2 Å². The molecule has 0 saturated heterocycles. The predicted molar refractivity (Wildman–Crippen MR) is 57.4 cm³/mol. The third-order valence-corrected chi connectivity index (χ3v) is 2.03. The van der Waals surface area contributed by atoms with Gasteiger partial charge in [-0.05, 0) is 12.1 Å². The van der Waals surface area contributed by atoms with Gasteiger partial charge < -0.3 is 5.32 Å². The van der Waals surface area contributed by atoms with Crippen LogP contribution in [0, 0.1) is 11.3 Å². The Hall–Kier alpha value is -2.42. The van der Waals surface area contributed by atoms with Crippen LogP contribution in [0.1, 0.15) is 6.42 Å². The highest BCUT2D eigenvalue weighted by Gasteiger charge is 2.08. The molecule has 1 N–H and O–H groups in total. The molecule has 0 aliphatic carbocycles. The van der Waals surface area contributed by atoms with Crippen LogP contribution >= 0.6 is 0 Å². The Bertz CT molecular complexity index is 580. The first kappa shape index (κ1) is 10.1. The molecule has 0 aliphatic rings. The van der Waals surface area contributed by atoms with Gasteiger partial charge in [0.25, 0.3) is 0 Å². The number of aryl methyl sites for hydroxylation is 1. The van der Waals surface area contributed by atoms with Crippen LogP contribution in [0.4, 0.5) is 5.69 Å². The zero-order valence-electron chi connectivity index (χ0n) is 8.64. The van der Waals surface area contributed by atoms with Gasteiger partial charge in [0.1, 0.15) is 17.5 Å². The van der Waals surface area contributed by atoms with Gasteiger partial charge in [0.15, 0.2) is 0 Å². The van der Waals surface area contributed by atoms with E-state index in [0.29, 0.717) is 16.7 Å². The van der Waals surface area contributed by atoms with E-state index in [-0.39, 0.29) is 12.3 Å². The smallest absolute Gasteiger partial charge is 0.238 e. The lowest BCUT2D eigenvalue weighted by Gasteiger charge is -2.01. The van der Waals surface area contributed by atoms with Gasteiger partial charge in [-0.25, -0.2) is 0 Å².